The average Bonchev–Trinajstić information content (AvgIpc) is 3.14. The molecule has 6 rings (SSSR count). The normalized spacial score (nSPS) is 10.7. The van der Waals surface area contributed by atoms with E-state index in [0.29, 0.717) is 22.2 Å². The summed E-state index contributed by atoms with van der Waals surface area (Å²) in [5.74, 6) is -0.751. The minimum absolute atomic E-state index is 0. The Kier molecular flexibility index (Phi) is 12.8. The second-order valence-corrected chi connectivity index (χ2v) is 9.72. The molecule has 0 fully saturated rings. The molecule has 0 aliphatic carbocycles. The molecule has 4 heterocycles. The molecule has 1 unspecified atom stereocenters. The van der Waals surface area contributed by atoms with Crippen molar-refractivity contribution in [3.63, 3.8) is 0 Å². The van der Waals surface area contributed by atoms with Gasteiger partial charge < -0.3 is 14.6 Å². The number of hydrogen-bond donors (Lipinski definition) is 1. The molecule has 0 aliphatic rings. The summed E-state index contributed by atoms with van der Waals surface area (Å²) in [6.07, 6.45) is 13.2. The zero-order valence-electron chi connectivity index (χ0n) is 25.8. The SMILES string of the molecule is C.C=C(c1cncnc1)c1cc(C(=O)OC)c2ncccc2c1.CO.COC(=O)c1cc(C(C)c2cncnc2)cc2cccnc12. The minimum atomic E-state index is -0.428. The van der Waals surface area contributed by atoms with Crippen LogP contribution >= 0.6 is 0 Å². The fraction of sp³-hybridized carbons (Fsp3) is 0.167. The maximum atomic E-state index is 12.1. The number of rotatable bonds is 6. The number of aromatic nitrogens is 6. The smallest absolute Gasteiger partial charge is 0.340 e. The summed E-state index contributed by atoms with van der Waals surface area (Å²) in [6, 6.07) is 15.0. The average molecular weight is 633 g/mol. The minimum Gasteiger partial charge on any atom is -0.465 e. The first-order valence-electron chi connectivity index (χ1n) is 14.0. The van der Waals surface area contributed by atoms with E-state index in [-0.39, 0.29) is 19.3 Å². The van der Waals surface area contributed by atoms with Gasteiger partial charge in [-0.05, 0) is 58.7 Å². The van der Waals surface area contributed by atoms with Crippen molar-refractivity contribution in [1.82, 2.24) is 29.9 Å². The van der Waals surface area contributed by atoms with Gasteiger partial charge in [0, 0.05) is 66.5 Å². The molecule has 0 aliphatic heterocycles. The highest BCUT2D eigenvalue weighted by Gasteiger charge is 2.18. The van der Waals surface area contributed by atoms with Crippen molar-refractivity contribution in [2.45, 2.75) is 20.3 Å². The van der Waals surface area contributed by atoms with Crippen molar-refractivity contribution in [3.05, 3.63) is 138 Å². The Morgan fingerprint density at radius 1 is 0.702 bits per heavy atom. The number of nitrogens with zero attached hydrogens (tertiary/aromatic N) is 6. The van der Waals surface area contributed by atoms with E-state index < -0.39 is 5.97 Å². The molecule has 0 saturated carbocycles. The molecule has 0 bridgehead atoms. The molecule has 0 spiro atoms. The molecular weight excluding hydrogens is 596 g/mol. The Hall–Kier alpha value is -5.94. The van der Waals surface area contributed by atoms with Gasteiger partial charge in [-0.15, -0.1) is 0 Å². The molecule has 0 radical (unpaired) electrons. The Bertz CT molecular complexity index is 1970. The van der Waals surface area contributed by atoms with E-state index in [1.165, 1.54) is 26.9 Å². The lowest BCUT2D eigenvalue weighted by atomic mass is 9.92. The van der Waals surface area contributed by atoms with Crippen LogP contribution in [0.3, 0.4) is 0 Å². The molecule has 240 valence electrons. The number of pyridine rings is 2. The first-order chi connectivity index (χ1) is 22.4. The molecule has 47 heavy (non-hydrogen) atoms. The van der Waals surface area contributed by atoms with E-state index in [4.69, 9.17) is 14.6 Å². The number of carbonyl (C=O) groups excluding carboxylic acids is 2. The quantitative estimate of drug-likeness (QED) is 0.213. The number of fused-ring (bicyclic) bond motifs is 2. The number of hydrogen-bond acceptors (Lipinski definition) is 11. The van der Waals surface area contributed by atoms with Gasteiger partial charge in [-0.1, -0.05) is 33.1 Å². The van der Waals surface area contributed by atoms with Gasteiger partial charge in [-0.25, -0.2) is 29.5 Å². The monoisotopic (exact) mass is 632 g/mol. The van der Waals surface area contributed by atoms with Crippen LogP contribution in [-0.4, -0.2) is 68.3 Å². The van der Waals surface area contributed by atoms with E-state index >= 15 is 0 Å². The summed E-state index contributed by atoms with van der Waals surface area (Å²) in [5, 5.41) is 8.75. The molecule has 11 nitrogen and oxygen atoms in total. The van der Waals surface area contributed by atoms with Crippen LogP contribution in [0.1, 0.15) is 63.2 Å². The molecule has 4 aromatic heterocycles. The lowest BCUT2D eigenvalue weighted by molar-refractivity contribution is 0.0593. The van der Waals surface area contributed by atoms with Gasteiger partial charge in [-0.3, -0.25) is 9.97 Å². The van der Waals surface area contributed by atoms with Crippen molar-refractivity contribution < 1.29 is 24.2 Å². The Morgan fingerprint density at radius 2 is 1.19 bits per heavy atom. The van der Waals surface area contributed by atoms with Crippen LogP contribution in [0.4, 0.5) is 0 Å². The number of aliphatic hydroxyl groups excluding tert-OH is 1. The molecular formula is C36H36N6O5. The Balaban J connectivity index is 0.000000238. The molecule has 1 N–H and O–H groups in total. The topological polar surface area (TPSA) is 150 Å². The highest BCUT2D eigenvalue weighted by Crippen LogP contribution is 2.29. The molecule has 1 atom stereocenters. The van der Waals surface area contributed by atoms with Gasteiger partial charge in [0.05, 0.1) is 36.4 Å². The van der Waals surface area contributed by atoms with E-state index in [1.54, 1.807) is 43.2 Å². The number of esters is 2. The fourth-order valence-corrected chi connectivity index (χ4v) is 4.71. The standard InChI is InChI=1S/C17H15N3O2.C17H13N3O2.CH4O.CH4/c2*1-11(14-8-18-10-19-9-14)13-6-12-4-3-5-20-16(12)15(7-13)17(21)22-2;1-2;/h3-11H,1-2H3;3-10H,1H2,2H3;2H,1H3;1H4. The summed E-state index contributed by atoms with van der Waals surface area (Å²) in [5.41, 5.74) is 6.45. The summed E-state index contributed by atoms with van der Waals surface area (Å²) < 4.78 is 9.73. The van der Waals surface area contributed by atoms with Crippen LogP contribution in [0.15, 0.2) is 105 Å². The second-order valence-electron chi connectivity index (χ2n) is 9.72. The highest BCUT2D eigenvalue weighted by molar-refractivity contribution is 6.05. The number of carbonyl (C=O) groups is 2. The summed E-state index contributed by atoms with van der Waals surface area (Å²) >= 11 is 0. The Labute approximate surface area is 273 Å². The molecule has 0 amide bonds. The maximum absolute atomic E-state index is 12.1. The largest absolute Gasteiger partial charge is 0.465 e. The van der Waals surface area contributed by atoms with Crippen LogP contribution < -0.4 is 0 Å². The Morgan fingerprint density at radius 3 is 1.72 bits per heavy atom. The first-order valence-corrected chi connectivity index (χ1v) is 14.0. The number of aliphatic hydroxyl groups is 1. The molecule has 2 aromatic carbocycles. The van der Waals surface area contributed by atoms with Gasteiger partial charge in [-0.2, -0.15) is 0 Å². The van der Waals surface area contributed by atoms with Crippen LogP contribution in [0, 0.1) is 0 Å². The number of ether oxygens (including phenoxy) is 2. The predicted octanol–water partition coefficient (Wildman–Crippen LogP) is 6.08. The zero-order chi connectivity index (χ0) is 33.1. The third-order valence-electron chi connectivity index (χ3n) is 7.08. The zero-order valence-corrected chi connectivity index (χ0v) is 25.8. The highest BCUT2D eigenvalue weighted by atomic mass is 16.5. The third kappa shape index (κ3) is 8.21. The predicted molar refractivity (Wildman–Crippen MR) is 181 cm³/mol. The van der Waals surface area contributed by atoms with Crippen molar-refractivity contribution >= 4 is 39.3 Å². The maximum Gasteiger partial charge on any atom is 0.340 e. The van der Waals surface area contributed by atoms with Crippen molar-refractivity contribution in [2.24, 2.45) is 0 Å². The second kappa shape index (κ2) is 16.9. The van der Waals surface area contributed by atoms with Gasteiger partial charge in [0.15, 0.2) is 0 Å². The molecule has 11 heteroatoms. The van der Waals surface area contributed by atoms with Crippen LogP contribution in [0.2, 0.25) is 0 Å². The van der Waals surface area contributed by atoms with E-state index in [0.717, 1.165) is 45.7 Å². The van der Waals surface area contributed by atoms with Crippen LogP contribution in [-0.2, 0) is 9.47 Å². The first kappa shape index (κ1) is 35.5. The lowest BCUT2D eigenvalue weighted by Gasteiger charge is -2.14. The van der Waals surface area contributed by atoms with Gasteiger partial charge in [0.25, 0.3) is 0 Å². The molecule has 6 aromatic rings. The fourth-order valence-electron chi connectivity index (χ4n) is 4.71. The van der Waals surface area contributed by atoms with Crippen LogP contribution in [0.5, 0.6) is 0 Å². The summed E-state index contributed by atoms with van der Waals surface area (Å²) in [7, 11) is 3.72. The van der Waals surface area contributed by atoms with E-state index in [1.807, 2.05) is 42.5 Å². The van der Waals surface area contributed by atoms with Gasteiger partial charge >= 0.3 is 11.9 Å². The van der Waals surface area contributed by atoms with Crippen molar-refractivity contribution in [1.29, 1.82) is 0 Å². The summed E-state index contributed by atoms with van der Waals surface area (Å²) in [6.45, 7) is 6.13. The van der Waals surface area contributed by atoms with E-state index in [9.17, 15) is 9.59 Å². The van der Waals surface area contributed by atoms with Gasteiger partial charge in [0.2, 0.25) is 0 Å². The third-order valence-corrected chi connectivity index (χ3v) is 7.08. The number of methoxy groups -OCH3 is 2. The molecule has 0 saturated heterocycles. The van der Waals surface area contributed by atoms with Crippen molar-refractivity contribution in [2.75, 3.05) is 21.3 Å². The van der Waals surface area contributed by atoms with Gasteiger partial charge in [0.1, 0.15) is 12.7 Å². The summed E-state index contributed by atoms with van der Waals surface area (Å²) in [4.78, 5) is 48.7. The lowest BCUT2D eigenvalue weighted by Crippen LogP contribution is -2.06. The van der Waals surface area contributed by atoms with Crippen molar-refractivity contribution in [3.8, 4) is 0 Å². The van der Waals surface area contributed by atoms with E-state index in [2.05, 4.69) is 43.4 Å². The van der Waals surface area contributed by atoms with Crippen LogP contribution in [0.25, 0.3) is 27.4 Å². The number of benzene rings is 2.